The van der Waals surface area contributed by atoms with Gasteiger partial charge in [0.1, 0.15) is 12.5 Å². The number of nitrogens with one attached hydrogen (secondary N) is 1. The number of aromatic nitrogens is 4. The Balaban J connectivity index is 1.54. The summed E-state index contributed by atoms with van der Waals surface area (Å²) in [5, 5.41) is 11.7. The third-order valence-corrected chi connectivity index (χ3v) is 3.62. The molecule has 0 aliphatic carbocycles. The van der Waals surface area contributed by atoms with Crippen LogP contribution >= 0.6 is 11.6 Å². The third kappa shape index (κ3) is 4.84. The van der Waals surface area contributed by atoms with Gasteiger partial charge in [0, 0.05) is 17.8 Å². The smallest absolute Gasteiger partial charge is 0.276 e. The van der Waals surface area contributed by atoms with Gasteiger partial charge in [-0.3, -0.25) is 4.79 Å². The predicted octanol–water partition coefficient (Wildman–Crippen LogP) is 3.02. The van der Waals surface area contributed by atoms with E-state index in [-0.39, 0.29) is 18.3 Å². The van der Waals surface area contributed by atoms with Crippen molar-refractivity contribution in [3.05, 3.63) is 59.6 Å². The standard InChI is InChI=1S/C17H18ClN5O3/c1-2-25-11-23-10-14(9-19-23)20-17(24)16-7-8-22(21-16)12-26-15-5-3-13(18)4-6-15/h3-10H,2,11-12H2,1H3,(H,20,24). The largest absolute Gasteiger partial charge is 0.471 e. The number of benzene rings is 1. The van der Waals surface area contributed by atoms with E-state index >= 15 is 0 Å². The number of ether oxygens (including phenoxy) is 2. The highest BCUT2D eigenvalue weighted by atomic mass is 35.5. The minimum Gasteiger partial charge on any atom is -0.471 e. The molecule has 1 aromatic carbocycles. The lowest BCUT2D eigenvalue weighted by molar-refractivity contribution is 0.0792. The molecule has 8 nitrogen and oxygen atoms in total. The third-order valence-electron chi connectivity index (χ3n) is 3.37. The van der Waals surface area contributed by atoms with Crippen LogP contribution in [-0.4, -0.2) is 32.1 Å². The van der Waals surface area contributed by atoms with Crippen molar-refractivity contribution in [1.82, 2.24) is 19.6 Å². The summed E-state index contributed by atoms with van der Waals surface area (Å²) in [4.78, 5) is 12.3. The van der Waals surface area contributed by atoms with E-state index in [1.54, 1.807) is 53.6 Å². The van der Waals surface area contributed by atoms with Gasteiger partial charge in [0.15, 0.2) is 12.4 Å². The Morgan fingerprint density at radius 2 is 2.00 bits per heavy atom. The van der Waals surface area contributed by atoms with E-state index in [2.05, 4.69) is 15.5 Å². The highest BCUT2D eigenvalue weighted by Crippen LogP contribution is 2.16. The highest BCUT2D eigenvalue weighted by Gasteiger charge is 2.11. The number of hydrogen-bond donors (Lipinski definition) is 1. The molecule has 0 fully saturated rings. The molecule has 9 heteroatoms. The Morgan fingerprint density at radius 3 is 2.77 bits per heavy atom. The van der Waals surface area contributed by atoms with Crippen molar-refractivity contribution < 1.29 is 14.3 Å². The summed E-state index contributed by atoms with van der Waals surface area (Å²) in [5.74, 6) is 0.337. The maximum atomic E-state index is 12.3. The zero-order chi connectivity index (χ0) is 18.4. The molecule has 0 saturated carbocycles. The van der Waals surface area contributed by atoms with E-state index < -0.39 is 0 Å². The van der Waals surface area contributed by atoms with Gasteiger partial charge in [-0.2, -0.15) is 10.2 Å². The van der Waals surface area contributed by atoms with Crippen LogP contribution < -0.4 is 10.1 Å². The van der Waals surface area contributed by atoms with Gasteiger partial charge in [-0.05, 0) is 37.3 Å². The first-order valence-electron chi connectivity index (χ1n) is 7.97. The Labute approximate surface area is 155 Å². The summed E-state index contributed by atoms with van der Waals surface area (Å²) in [6, 6.07) is 8.62. The topological polar surface area (TPSA) is 83.2 Å². The number of halogens is 1. The van der Waals surface area contributed by atoms with Crippen molar-refractivity contribution in [1.29, 1.82) is 0 Å². The second kappa shape index (κ2) is 8.50. The molecule has 0 saturated heterocycles. The number of anilines is 1. The zero-order valence-electron chi connectivity index (χ0n) is 14.1. The summed E-state index contributed by atoms with van der Waals surface area (Å²) in [6.07, 6.45) is 4.91. The van der Waals surface area contributed by atoms with Crippen LogP contribution in [0.25, 0.3) is 0 Å². The van der Waals surface area contributed by atoms with Crippen molar-refractivity contribution in [2.24, 2.45) is 0 Å². The zero-order valence-corrected chi connectivity index (χ0v) is 14.9. The number of carbonyl (C=O) groups excluding carboxylic acids is 1. The number of carbonyl (C=O) groups is 1. The number of hydrogen-bond acceptors (Lipinski definition) is 5. The molecule has 0 spiro atoms. The average molecular weight is 376 g/mol. The summed E-state index contributed by atoms with van der Waals surface area (Å²) < 4.78 is 14.0. The van der Waals surface area contributed by atoms with Crippen LogP contribution in [0.5, 0.6) is 5.75 Å². The van der Waals surface area contributed by atoms with E-state index in [0.29, 0.717) is 29.8 Å². The van der Waals surface area contributed by atoms with Crippen molar-refractivity contribution in [2.45, 2.75) is 20.4 Å². The van der Waals surface area contributed by atoms with Gasteiger partial charge in [0.2, 0.25) is 0 Å². The first-order chi connectivity index (χ1) is 12.6. The van der Waals surface area contributed by atoms with Crippen LogP contribution in [0.3, 0.4) is 0 Å². The monoisotopic (exact) mass is 375 g/mol. The van der Waals surface area contributed by atoms with Crippen LogP contribution in [0.15, 0.2) is 48.9 Å². The molecule has 3 rings (SSSR count). The normalized spacial score (nSPS) is 10.7. The van der Waals surface area contributed by atoms with Gasteiger partial charge in [0.25, 0.3) is 5.91 Å². The van der Waals surface area contributed by atoms with Gasteiger partial charge in [-0.1, -0.05) is 11.6 Å². The summed E-state index contributed by atoms with van der Waals surface area (Å²) in [7, 11) is 0. The van der Waals surface area contributed by atoms with E-state index in [0.717, 1.165) is 0 Å². The van der Waals surface area contributed by atoms with E-state index in [1.165, 1.54) is 4.68 Å². The fourth-order valence-electron chi connectivity index (χ4n) is 2.10. The maximum absolute atomic E-state index is 12.3. The number of nitrogens with zero attached hydrogens (tertiary/aromatic N) is 4. The molecular weight excluding hydrogens is 358 g/mol. The number of rotatable bonds is 8. The lowest BCUT2D eigenvalue weighted by Gasteiger charge is -2.06. The molecular formula is C17H18ClN5O3. The molecule has 0 aliphatic rings. The first-order valence-corrected chi connectivity index (χ1v) is 8.35. The fraction of sp³-hybridized carbons (Fsp3) is 0.235. The van der Waals surface area contributed by atoms with Gasteiger partial charge in [0.05, 0.1) is 18.1 Å². The van der Waals surface area contributed by atoms with Gasteiger partial charge in [-0.25, -0.2) is 9.36 Å². The average Bonchev–Trinajstić information content (AvgIpc) is 3.29. The Kier molecular flexibility index (Phi) is 5.88. The lowest BCUT2D eigenvalue weighted by Crippen LogP contribution is -2.14. The van der Waals surface area contributed by atoms with Gasteiger partial charge < -0.3 is 14.8 Å². The second-order valence-electron chi connectivity index (χ2n) is 5.31. The maximum Gasteiger partial charge on any atom is 0.276 e. The second-order valence-corrected chi connectivity index (χ2v) is 5.75. The molecule has 136 valence electrons. The van der Waals surface area contributed by atoms with Crippen molar-refractivity contribution >= 4 is 23.2 Å². The van der Waals surface area contributed by atoms with Crippen LogP contribution in [0.1, 0.15) is 17.4 Å². The molecule has 2 aromatic heterocycles. The SMILES string of the molecule is CCOCn1cc(NC(=O)c2ccn(COc3ccc(Cl)cc3)n2)cn1. The molecule has 3 aromatic rings. The molecule has 2 heterocycles. The summed E-state index contributed by atoms with van der Waals surface area (Å²) in [6.45, 7) is 3.01. The first kappa shape index (κ1) is 18.0. The van der Waals surface area contributed by atoms with Crippen molar-refractivity contribution in [3.63, 3.8) is 0 Å². The van der Waals surface area contributed by atoms with E-state index in [1.807, 2.05) is 6.92 Å². The van der Waals surface area contributed by atoms with Crippen LogP contribution in [0.4, 0.5) is 5.69 Å². The minimum absolute atomic E-state index is 0.182. The van der Waals surface area contributed by atoms with E-state index in [9.17, 15) is 4.79 Å². The Bertz CT molecular complexity index is 859. The van der Waals surface area contributed by atoms with Crippen LogP contribution in [0, 0.1) is 0 Å². The quantitative estimate of drug-likeness (QED) is 0.654. The molecule has 0 radical (unpaired) electrons. The number of amides is 1. The Morgan fingerprint density at radius 1 is 1.19 bits per heavy atom. The van der Waals surface area contributed by atoms with Gasteiger partial charge in [-0.15, -0.1) is 0 Å². The van der Waals surface area contributed by atoms with Crippen LogP contribution in [-0.2, 0) is 18.2 Å². The predicted molar refractivity (Wildman–Crippen MR) is 96.1 cm³/mol. The van der Waals surface area contributed by atoms with E-state index in [4.69, 9.17) is 21.1 Å². The molecule has 0 bridgehead atoms. The Hall–Kier alpha value is -2.84. The fourth-order valence-corrected chi connectivity index (χ4v) is 2.23. The highest BCUT2D eigenvalue weighted by molar-refractivity contribution is 6.30. The minimum atomic E-state index is -0.328. The molecule has 0 unspecified atom stereocenters. The molecule has 26 heavy (non-hydrogen) atoms. The van der Waals surface area contributed by atoms with Crippen molar-refractivity contribution in [2.75, 3.05) is 11.9 Å². The lowest BCUT2D eigenvalue weighted by atomic mass is 10.3. The molecule has 1 amide bonds. The molecule has 1 N–H and O–H groups in total. The van der Waals surface area contributed by atoms with Crippen LogP contribution in [0.2, 0.25) is 5.02 Å². The van der Waals surface area contributed by atoms with Crippen molar-refractivity contribution in [3.8, 4) is 5.75 Å². The van der Waals surface area contributed by atoms with Gasteiger partial charge >= 0.3 is 0 Å². The summed E-state index contributed by atoms with van der Waals surface area (Å²) in [5.41, 5.74) is 0.851. The molecule has 0 aliphatic heterocycles. The summed E-state index contributed by atoms with van der Waals surface area (Å²) >= 11 is 5.83. The molecule has 0 atom stereocenters.